The highest BCUT2D eigenvalue weighted by molar-refractivity contribution is 9.10. The SMILES string of the molecule is CC(C)(C)OC(=O)N1C[C@@H]2CN(c3ccc(Br)cc3)C[C@@H]2C1. The summed E-state index contributed by atoms with van der Waals surface area (Å²) >= 11 is 3.47. The molecule has 5 heteroatoms. The molecule has 120 valence electrons. The third kappa shape index (κ3) is 3.40. The van der Waals surface area contributed by atoms with E-state index in [1.165, 1.54) is 5.69 Å². The van der Waals surface area contributed by atoms with Crippen LogP contribution in [0.4, 0.5) is 10.5 Å². The minimum absolute atomic E-state index is 0.169. The normalized spacial score (nSPS) is 24.5. The van der Waals surface area contributed by atoms with Crippen LogP contribution < -0.4 is 4.90 Å². The van der Waals surface area contributed by atoms with Crippen molar-refractivity contribution in [3.8, 4) is 0 Å². The lowest BCUT2D eigenvalue weighted by atomic mass is 10.0. The lowest BCUT2D eigenvalue weighted by Gasteiger charge is -2.26. The Labute approximate surface area is 140 Å². The molecule has 0 radical (unpaired) electrons. The number of benzene rings is 1. The number of hydrogen-bond donors (Lipinski definition) is 0. The van der Waals surface area contributed by atoms with E-state index in [9.17, 15) is 4.79 Å². The van der Waals surface area contributed by atoms with Crippen LogP contribution in [0.2, 0.25) is 0 Å². The molecule has 0 spiro atoms. The summed E-state index contributed by atoms with van der Waals surface area (Å²) in [4.78, 5) is 16.5. The predicted molar refractivity (Wildman–Crippen MR) is 91.1 cm³/mol. The number of carbonyl (C=O) groups is 1. The first kappa shape index (κ1) is 15.7. The van der Waals surface area contributed by atoms with Crippen LogP contribution in [0.5, 0.6) is 0 Å². The number of amides is 1. The topological polar surface area (TPSA) is 32.8 Å². The van der Waals surface area contributed by atoms with Crippen molar-refractivity contribution in [2.24, 2.45) is 11.8 Å². The number of halogens is 1. The van der Waals surface area contributed by atoms with Gasteiger partial charge < -0.3 is 14.5 Å². The summed E-state index contributed by atoms with van der Waals surface area (Å²) < 4.78 is 6.58. The van der Waals surface area contributed by atoms with Crippen molar-refractivity contribution in [2.45, 2.75) is 26.4 Å². The molecule has 22 heavy (non-hydrogen) atoms. The minimum Gasteiger partial charge on any atom is -0.444 e. The molecule has 4 nitrogen and oxygen atoms in total. The Hall–Kier alpha value is -1.23. The van der Waals surface area contributed by atoms with Crippen LogP contribution in [-0.2, 0) is 4.74 Å². The third-order valence-electron chi connectivity index (χ3n) is 4.33. The molecule has 0 N–H and O–H groups in total. The number of likely N-dealkylation sites (tertiary alicyclic amines) is 1. The standard InChI is InChI=1S/C17H23BrN2O2/c1-17(2,3)22-16(21)20-10-12-8-19(9-13(12)11-20)15-6-4-14(18)5-7-15/h4-7,12-13H,8-11H2,1-3H3/t12-,13+. The van der Waals surface area contributed by atoms with Crippen molar-refractivity contribution < 1.29 is 9.53 Å². The number of fused-ring (bicyclic) bond motifs is 1. The number of rotatable bonds is 1. The van der Waals surface area contributed by atoms with Crippen LogP contribution in [0, 0.1) is 11.8 Å². The lowest BCUT2D eigenvalue weighted by molar-refractivity contribution is 0.0282. The molecule has 2 aliphatic heterocycles. The fraction of sp³-hybridized carbons (Fsp3) is 0.588. The minimum atomic E-state index is -0.418. The summed E-state index contributed by atoms with van der Waals surface area (Å²) in [5, 5.41) is 0. The number of hydrogen-bond acceptors (Lipinski definition) is 3. The van der Waals surface area contributed by atoms with E-state index < -0.39 is 5.60 Å². The largest absolute Gasteiger partial charge is 0.444 e. The zero-order valence-electron chi connectivity index (χ0n) is 13.4. The Balaban J connectivity index is 1.58. The molecular formula is C17H23BrN2O2. The summed E-state index contributed by atoms with van der Waals surface area (Å²) in [5.74, 6) is 1.10. The second-order valence-corrected chi connectivity index (χ2v) is 8.20. The average Bonchev–Trinajstić information content (AvgIpc) is 2.95. The van der Waals surface area contributed by atoms with Gasteiger partial charge in [0.1, 0.15) is 5.60 Å². The molecule has 2 aliphatic rings. The Morgan fingerprint density at radius 2 is 1.64 bits per heavy atom. The van der Waals surface area contributed by atoms with E-state index in [2.05, 4.69) is 45.1 Å². The predicted octanol–water partition coefficient (Wildman–Crippen LogP) is 3.75. The van der Waals surface area contributed by atoms with Crippen LogP contribution in [-0.4, -0.2) is 42.8 Å². The molecule has 1 amide bonds. The van der Waals surface area contributed by atoms with E-state index in [0.717, 1.165) is 30.7 Å². The molecule has 2 saturated heterocycles. The van der Waals surface area contributed by atoms with Crippen LogP contribution in [0.15, 0.2) is 28.7 Å². The summed E-state index contributed by atoms with van der Waals surface area (Å²) in [5.41, 5.74) is 0.847. The molecule has 2 heterocycles. The Morgan fingerprint density at radius 1 is 1.09 bits per heavy atom. The average molecular weight is 367 g/mol. The monoisotopic (exact) mass is 366 g/mol. The first-order chi connectivity index (χ1) is 10.3. The molecular weight excluding hydrogens is 344 g/mol. The van der Waals surface area contributed by atoms with E-state index in [1.807, 2.05) is 25.7 Å². The van der Waals surface area contributed by atoms with Gasteiger partial charge in [-0.2, -0.15) is 0 Å². The molecule has 0 saturated carbocycles. The summed E-state index contributed by atoms with van der Waals surface area (Å²) in [7, 11) is 0. The summed E-state index contributed by atoms with van der Waals surface area (Å²) in [6.45, 7) is 9.40. The van der Waals surface area contributed by atoms with Gasteiger partial charge in [-0.25, -0.2) is 4.79 Å². The molecule has 0 bridgehead atoms. The fourth-order valence-electron chi connectivity index (χ4n) is 3.33. The van der Waals surface area contributed by atoms with E-state index >= 15 is 0 Å². The van der Waals surface area contributed by atoms with Crippen molar-refractivity contribution in [1.82, 2.24) is 4.90 Å². The summed E-state index contributed by atoms with van der Waals surface area (Å²) in [6.07, 6.45) is -0.169. The first-order valence-corrected chi connectivity index (χ1v) is 8.59. The zero-order chi connectivity index (χ0) is 15.9. The van der Waals surface area contributed by atoms with Crippen LogP contribution in [0.3, 0.4) is 0 Å². The second-order valence-electron chi connectivity index (χ2n) is 7.29. The molecule has 0 unspecified atom stereocenters. The highest BCUT2D eigenvalue weighted by Gasteiger charge is 2.42. The van der Waals surface area contributed by atoms with Gasteiger partial charge in [0.05, 0.1) is 0 Å². The van der Waals surface area contributed by atoms with Gasteiger partial charge in [-0.1, -0.05) is 15.9 Å². The Morgan fingerprint density at radius 3 is 2.14 bits per heavy atom. The molecule has 2 atom stereocenters. The quantitative estimate of drug-likeness (QED) is 0.758. The Kier molecular flexibility index (Phi) is 4.10. The van der Waals surface area contributed by atoms with E-state index in [1.54, 1.807) is 0 Å². The van der Waals surface area contributed by atoms with Gasteiger partial charge in [0, 0.05) is 48.2 Å². The van der Waals surface area contributed by atoms with Gasteiger partial charge in [0.25, 0.3) is 0 Å². The van der Waals surface area contributed by atoms with E-state index in [-0.39, 0.29) is 6.09 Å². The molecule has 0 aromatic heterocycles. The smallest absolute Gasteiger partial charge is 0.410 e. The van der Waals surface area contributed by atoms with Gasteiger partial charge in [0.2, 0.25) is 0 Å². The number of nitrogens with zero attached hydrogens (tertiary/aromatic N) is 2. The number of anilines is 1. The van der Waals surface area contributed by atoms with Crippen molar-refractivity contribution in [3.05, 3.63) is 28.7 Å². The second kappa shape index (κ2) is 5.76. The third-order valence-corrected chi connectivity index (χ3v) is 4.86. The highest BCUT2D eigenvalue weighted by atomic mass is 79.9. The maximum absolute atomic E-state index is 12.2. The van der Waals surface area contributed by atoms with Gasteiger partial charge in [-0.05, 0) is 45.0 Å². The highest BCUT2D eigenvalue weighted by Crippen LogP contribution is 2.34. The van der Waals surface area contributed by atoms with E-state index in [0.29, 0.717) is 11.8 Å². The van der Waals surface area contributed by atoms with Crippen molar-refractivity contribution in [2.75, 3.05) is 31.1 Å². The summed E-state index contributed by atoms with van der Waals surface area (Å²) in [6, 6.07) is 8.46. The number of carbonyl (C=O) groups excluding carboxylic acids is 1. The van der Waals surface area contributed by atoms with Crippen molar-refractivity contribution >= 4 is 27.7 Å². The molecule has 2 fully saturated rings. The first-order valence-electron chi connectivity index (χ1n) is 7.80. The maximum atomic E-state index is 12.2. The van der Waals surface area contributed by atoms with Crippen LogP contribution in [0.25, 0.3) is 0 Å². The van der Waals surface area contributed by atoms with Gasteiger partial charge >= 0.3 is 6.09 Å². The van der Waals surface area contributed by atoms with Gasteiger partial charge in [-0.3, -0.25) is 0 Å². The molecule has 1 aromatic carbocycles. The molecule has 1 aromatic rings. The molecule has 0 aliphatic carbocycles. The fourth-order valence-corrected chi connectivity index (χ4v) is 3.60. The van der Waals surface area contributed by atoms with Crippen LogP contribution in [0.1, 0.15) is 20.8 Å². The van der Waals surface area contributed by atoms with Crippen molar-refractivity contribution in [1.29, 1.82) is 0 Å². The molecule has 3 rings (SSSR count). The lowest BCUT2D eigenvalue weighted by Crippen LogP contribution is -2.37. The van der Waals surface area contributed by atoms with Crippen LogP contribution >= 0.6 is 15.9 Å². The van der Waals surface area contributed by atoms with E-state index in [4.69, 9.17) is 4.74 Å². The zero-order valence-corrected chi connectivity index (χ0v) is 15.0. The van der Waals surface area contributed by atoms with Gasteiger partial charge in [0.15, 0.2) is 0 Å². The Bertz CT molecular complexity index is 539. The maximum Gasteiger partial charge on any atom is 0.410 e. The number of ether oxygens (including phenoxy) is 1. The van der Waals surface area contributed by atoms with Crippen molar-refractivity contribution in [3.63, 3.8) is 0 Å². The van der Waals surface area contributed by atoms with Gasteiger partial charge in [-0.15, -0.1) is 0 Å².